The number of rotatable bonds is 3. The van der Waals surface area contributed by atoms with Crippen molar-refractivity contribution in [2.24, 2.45) is 5.92 Å². The van der Waals surface area contributed by atoms with Crippen molar-refractivity contribution in [3.8, 4) is 0 Å². The summed E-state index contributed by atoms with van der Waals surface area (Å²) in [7, 11) is 0. The third kappa shape index (κ3) is 3.53. The van der Waals surface area contributed by atoms with Gasteiger partial charge in [0.25, 0.3) is 0 Å². The molecule has 2 amide bonds. The van der Waals surface area contributed by atoms with Crippen molar-refractivity contribution in [2.75, 3.05) is 6.54 Å². The van der Waals surface area contributed by atoms with E-state index >= 15 is 0 Å². The average Bonchev–Trinajstić information content (AvgIpc) is 2.40. The summed E-state index contributed by atoms with van der Waals surface area (Å²) in [6.45, 7) is 4.37. The normalized spacial score (nSPS) is 27.7. The fraction of sp³-hybridized carbons (Fsp3) is 0.875. The molecule has 0 bridgehead atoms. The van der Waals surface area contributed by atoms with Gasteiger partial charge in [0.1, 0.15) is 6.04 Å². The van der Waals surface area contributed by atoms with Gasteiger partial charge in [-0.2, -0.15) is 0 Å². The summed E-state index contributed by atoms with van der Waals surface area (Å²) in [5.41, 5.74) is 0. The zero-order valence-electron chi connectivity index (χ0n) is 12.9. The Kier molecular flexibility index (Phi) is 5.44. The van der Waals surface area contributed by atoms with E-state index in [9.17, 15) is 9.59 Å². The Morgan fingerprint density at radius 3 is 2.35 bits per heavy atom. The average molecular weight is 280 g/mol. The second kappa shape index (κ2) is 7.09. The number of hydrogen-bond acceptors (Lipinski definition) is 2. The second-order valence-electron chi connectivity index (χ2n) is 6.40. The largest absolute Gasteiger partial charge is 0.342 e. The first-order valence-corrected chi connectivity index (χ1v) is 8.23. The van der Waals surface area contributed by atoms with Gasteiger partial charge in [-0.25, -0.2) is 0 Å². The highest BCUT2D eigenvalue weighted by molar-refractivity contribution is 5.95. The van der Waals surface area contributed by atoms with Gasteiger partial charge in [-0.15, -0.1) is 0 Å². The Bertz CT molecular complexity index is 348. The molecule has 0 aromatic heterocycles. The van der Waals surface area contributed by atoms with Gasteiger partial charge in [-0.05, 0) is 18.8 Å². The predicted octanol–water partition coefficient (Wildman–Crippen LogP) is 2.47. The topological polar surface area (TPSA) is 49.4 Å². The van der Waals surface area contributed by atoms with Crippen LogP contribution in [0.15, 0.2) is 0 Å². The standard InChI is InChI=1S/C16H28N2O2/c1-3-12(2)15-16(20)18(11-14(19)17-15)13-9-7-5-4-6-8-10-13/h12-13,15H,3-11H2,1-2H3,(H,17,19). The Morgan fingerprint density at radius 1 is 1.15 bits per heavy atom. The first-order chi connectivity index (χ1) is 9.63. The van der Waals surface area contributed by atoms with E-state index in [0.717, 1.165) is 19.3 Å². The lowest BCUT2D eigenvalue weighted by molar-refractivity contribution is -0.148. The molecule has 114 valence electrons. The van der Waals surface area contributed by atoms with Gasteiger partial charge < -0.3 is 10.2 Å². The van der Waals surface area contributed by atoms with Crippen LogP contribution in [-0.2, 0) is 9.59 Å². The van der Waals surface area contributed by atoms with E-state index in [1.807, 2.05) is 11.8 Å². The maximum Gasteiger partial charge on any atom is 0.246 e. The fourth-order valence-electron chi connectivity index (χ4n) is 3.37. The molecule has 1 N–H and O–H groups in total. The third-order valence-electron chi connectivity index (χ3n) is 4.91. The van der Waals surface area contributed by atoms with Gasteiger partial charge in [0.2, 0.25) is 11.8 Å². The van der Waals surface area contributed by atoms with Crippen LogP contribution < -0.4 is 5.32 Å². The maximum absolute atomic E-state index is 12.7. The molecule has 20 heavy (non-hydrogen) atoms. The molecule has 0 aromatic rings. The number of carbonyl (C=O) groups is 2. The molecule has 0 spiro atoms. The molecule has 0 aromatic carbocycles. The number of hydrogen-bond donors (Lipinski definition) is 1. The van der Waals surface area contributed by atoms with Crippen molar-refractivity contribution < 1.29 is 9.59 Å². The zero-order chi connectivity index (χ0) is 14.5. The van der Waals surface area contributed by atoms with Crippen LogP contribution in [0, 0.1) is 5.92 Å². The Morgan fingerprint density at radius 2 is 1.75 bits per heavy atom. The molecule has 2 fully saturated rings. The maximum atomic E-state index is 12.7. The van der Waals surface area contributed by atoms with Crippen LogP contribution in [-0.4, -0.2) is 35.3 Å². The molecule has 1 saturated heterocycles. The SMILES string of the molecule is CCC(C)C1NC(=O)CN(C2CCCCCCC2)C1=O. The molecule has 1 saturated carbocycles. The highest BCUT2D eigenvalue weighted by Gasteiger charge is 2.38. The van der Waals surface area contributed by atoms with Crippen LogP contribution in [0.5, 0.6) is 0 Å². The molecule has 4 heteroatoms. The molecular formula is C16H28N2O2. The molecule has 4 nitrogen and oxygen atoms in total. The summed E-state index contributed by atoms with van der Waals surface area (Å²) in [5, 5.41) is 2.88. The van der Waals surface area contributed by atoms with Crippen molar-refractivity contribution in [2.45, 2.75) is 77.3 Å². The van der Waals surface area contributed by atoms with E-state index in [1.54, 1.807) is 0 Å². The molecule has 2 atom stereocenters. The van der Waals surface area contributed by atoms with Crippen molar-refractivity contribution in [1.82, 2.24) is 10.2 Å². The molecule has 1 aliphatic carbocycles. The number of nitrogens with one attached hydrogen (secondary N) is 1. The van der Waals surface area contributed by atoms with Gasteiger partial charge in [0, 0.05) is 6.04 Å². The lowest BCUT2D eigenvalue weighted by Gasteiger charge is -2.40. The summed E-state index contributed by atoms with van der Waals surface area (Å²) >= 11 is 0. The van der Waals surface area contributed by atoms with Gasteiger partial charge >= 0.3 is 0 Å². The summed E-state index contributed by atoms with van der Waals surface area (Å²) in [6, 6.07) is -0.0351. The summed E-state index contributed by atoms with van der Waals surface area (Å²) < 4.78 is 0. The summed E-state index contributed by atoms with van der Waals surface area (Å²) in [4.78, 5) is 26.5. The van der Waals surface area contributed by atoms with Crippen LogP contribution in [0.3, 0.4) is 0 Å². The van der Waals surface area contributed by atoms with E-state index in [0.29, 0.717) is 0 Å². The van der Waals surface area contributed by atoms with Gasteiger partial charge in [0.15, 0.2) is 0 Å². The first-order valence-electron chi connectivity index (χ1n) is 8.23. The number of carbonyl (C=O) groups excluding carboxylic acids is 2. The quantitative estimate of drug-likeness (QED) is 0.863. The summed E-state index contributed by atoms with van der Waals surface area (Å²) in [5.74, 6) is 0.365. The van der Waals surface area contributed by atoms with Crippen molar-refractivity contribution >= 4 is 11.8 Å². The Hall–Kier alpha value is -1.06. The van der Waals surface area contributed by atoms with E-state index in [1.165, 1.54) is 32.1 Å². The minimum Gasteiger partial charge on any atom is -0.342 e. The number of amides is 2. The minimum absolute atomic E-state index is 0.0111. The smallest absolute Gasteiger partial charge is 0.246 e. The molecule has 1 aliphatic heterocycles. The lowest BCUT2D eigenvalue weighted by Crippen LogP contribution is -2.62. The Balaban J connectivity index is 2.07. The van der Waals surface area contributed by atoms with E-state index < -0.39 is 0 Å². The second-order valence-corrected chi connectivity index (χ2v) is 6.40. The van der Waals surface area contributed by atoms with Crippen LogP contribution in [0.25, 0.3) is 0 Å². The van der Waals surface area contributed by atoms with E-state index in [2.05, 4.69) is 12.2 Å². The minimum atomic E-state index is -0.313. The van der Waals surface area contributed by atoms with Gasteiger partial charge in [-0.3, -0.25) is 9.59 Å². The third-order valence-corrected chi connectivity index (χ3v) is 4.91. The molecular weight excluding hydrogens is 252 g/mol. The highest BCUT2D eigenvalue weighted by atomic mass is 16.2. The van der Waals surface area contributed by atoms with Crippen LogP contribution in [0.4, 0.5) is 0 Å². The molecule has 1 heterocycles. The first kappa shape index (κ1) is 15.3. The Labute approximate surface area is 122 Å². The van der Waals surface area contributed by atoms with Crippen molar-refractivity contribution in [3.05, 3.63) is 0 Å². The van der Waals surface area contributed by atoms with Crippen LogP contribution >= 0.6 is 0 Å². The van der Waals surface area contributed by atoms with Crippen molar-refractivity contribution in [1.29, 1.82) is 0 Å². The molecule has 2 aliphatic rings. The fourth-order valence-corrected chi connectivity index (χ4v) is 3.37. The van der Waals surface area contributed by atoms with Crippen LogP contribution in [0.1, 0.15) is 65.2 Å². The molecule has 0 radical (unpaired) electrons. The molecule has 2 unspecified atom stereocenters. The zero-order valence-corrected chi connectivity index (χ0v) is 12.9. The molecule has 2 rings (SSSR count). The predicted molar refractivity (Wildman–Crippen MR) is 79.2 cm³/mol. The monoisotopic (exact) mass is 280 g/mol. The van der Waals surface area contributed by atoms with Gasteiger partial charge in [-0.1, -0.05) is 52.4 Å². The lowest BCUT2D eigenvalue weighted by atomic mass is 9.91. The van der Waals surface area contributed by atoms with Gasteiger partial charge in [0.05, 0.1) is 6.54 Å². The van der Waals surface area contributed by atoms with Crippen molar-refractivity contribution in [3.63, 3.8) is 0 Å². The number of nitrogens with zero attached hydrogens (tertiary/aromatic N) is 1. The van der Waals surface area contributed by atoms with E-state index in [-0.39, 0.29) is 36.4 Å². The van der Waals surface area contributed by atoms with E-state index in [4.69, 9.17) is 0 Å². The van der Waals surface area contributed by atoms with Crippen LogP contribution in [0.2, 0.25) is 0 Å². The number of piperazine rings is 1. The highest BCUT2D eigenvalue weighted by Crippen LogP contribution is 2.24. The summed E-state index contributed by atoms with van der Waals surface area (Å²) in [6.07, 6.45) is 9.25.